The number of carbonyl (C=O) groups is 2. The van der Waals surface area contributed by atoms with Crippen molar-refractivity contribution in [2.24, 2.45) is 0 Å². The normalized spacial score (nSPS) is 10.6. The number of nitrogens with zero attached hydrogens (tertiary/aromatic N) is 2. The molecule has 0 radical (unpaired) electrons. The first kappa shape index (κ1) is 14.8. The van der Waals surface area contributed by atoms with Gasteiger partial charge >= 0.3 is 5.97 Å². The number of aromatic nitrogens is 1. The third-order valence-electron chi connectivity index (χ3n) is 2.53. The fourth-order valence-corrected chi connectivity index (χ4v) is 2.01. The Morgan fingerprint density at radius 1 is 1.50 bits per heavy atom. The number of amides is 1. The van der Waals surface area contributed by atoms with Crippen molar-refractivity contribution in [3.8, 4) is 0 Å². The largest absolute Gasteiger partial charge is 0.468 e. The maximum atomic E-state index is 12.2. The van der Waals surface area contributed by atoms with Crippen LogP contribution in [0.25, 0.3) is 0 Å². The van der Waals surface area contributed by atoms with Crippen LogP contribution in [0.3, 0.4) is 0 Å². The molecule has 0 atom stereocenters. The molecule has 0 aliphatic rings. The van der Waals surface area contributed by atoms with E-state index in [1.54, 1.807) is 13.1 Å². The van der Waals surface area contributed by atoms with E-state index in [4.69, 9.17) is 0 Å². The lowest BCUT2D eigenvalue weighted by molar-refractivity contribution is -0.141. The van der Waals surface area contributed by atoms with Crippen molar-refractivity contribution in [3.05, 3.63) is 22.4 Å². The van der Waals surface area contributed by atoms with Crippen LogP contribution >= 0.6 is 15.9 Å². The van der Waals surface area contributed by atoms with Gasteiger partial charge in [0.2, 0.25) is 0 Å². The van der Waals surface area contributed by atoms with Gasteiger partial charge in [-0.15, -0.1) is 0 Å². The van der Waals surface area contributed by atoms with Crippen molar-refractivity contribution >= 4 is 27.8 Å². The molecular weight excluding hydrogens is 300 g/mol. The SMILES string of the molecule is COC(=O)CN(C)C(=O)c1cc(Br)cn1C(C)C. The Morgan fingerprint density at radius 3 is 2.61 bits per heavy atom. The van der Waals surface area contributed by atoms with Gasteiger partial charge in [-0.1, -0.05) is 0 Å². The second-order valence-electron chi connectivity index (χ2n) is 4.28. The molecule has 100 valence electrons. The second-order valence-corrected chi connectivity index (χ2v) is 5.20. The van der Waals surface area contributed by atoms with E-state index >= 15 is 0 Å². The average Bonchev–Trinajstić information content (AvgIpc) is 2.70. The first-order chi connectivity index (χ1) is 8.36. The lowest BCUT2D eigenvalue weighted by atomic mass is 10.3. The lowest BCUT2D eigenvalue weighted by Crippen LogP contribution is -2.34. The lowest BCUT2D eigenvalue weighted by Gasteiger charge is -2.18. The van der Waals surface area contributed by atoms with E-state index in [9.17, 15) is 9.59 Å². The fraction of sp³-hybridized carbons (Fsp3) is 0.500. The molecule has 1 amide bonds. The van der Waals surface area contributed by atoms with Gasteiger partial charge in [-0.25, -0.2) is 0 Å². The summed E-state index contributed by atoms with van der Waals surface area (Å²) >= 11 is 3.35. The Bertz CT molecular complexity index is 454. The predicted molar refractivity (Wildman–Crippen MR) is 71.5 cm³/mol. The monoisotopic (exact) mass is 316 g/mol. The Labute approximate surface area is 115 Å². The van der Waals surface area contributed by atoms with Gasteiger partial charge in [-0.3, -0.25) is 9.59 Å². The second kappa shape index (κ2) is 6.04. The van der Waals surface area contributed by atoms with Crippen LogP contribution in [-0.4, -0.2) is 42.0 Å². The van der Waals surface area contributed by atoms with Crippen molar-refractivity contribution in [3.63, 3.8) is 0 Å². The maximum absolute atomic E-state index is 12.2. The molecule has 1 rings (SSSR count). The summed E-state index contributed by atoms with van der Waals surface area (Å²) in [5.74, 6) is -0.646. The number of hydrogen-bond acceptors (Lipinski definition) is 3. The number of hydrogen-bond donors (Lipinski definition) is 0. The van der Waals surface area contributed by atoms with E-state index < -0.39 is 5.97 Å². The highest BCUT2D eigenvalue weighted by Crippen LogP contribution is 2.20. The summed E-state index contributed by atoms with van der Waals surface area (Å²) < 4.78 is 7.24. The summed E-state index contributed by atoms with van der Waals surface area (Å²) in [7, 11) is 2.87. The van der Waals surface area contributed by atoms with Crippen LogP contribution in [0.4, 0.5) is 0 Å². The van der Waals surface area contributed by atoms with Gasteiger partial charge in [0.25, 0.3) is 5.91 Å². The van der Waals surface area contributed by atoms with Crippen molar-refractivity contribution in [2.75, 3.05) is 20.7 Å². The average molecular weight is 317 g/mol. The van der Waals surface area contributed by atoms with E-state index in [0.29, 0.717) is 5.69 Å². The topological polar surface area (TPSA) is 51.5 Å². The molecule has 6 heteroatoms. The smallest absolute Gasteiger partial charge is 0.325 e. The molecule has 0 aromatic carbocycles. The third kappa shape index (κ3) is 3.35. The number of likely N-dealkylation sites (N-methyl/N-ethyl adjacent to an activating group) is 1. The summed E-state index contributed by atoms with van der Waals surface area (Å²) in [6, 6.07) is 1.91. The summed E-state index contributed by atoms with van der Waals surface area (Å²) in [6.07, 6.45) is 1.85. The van der Waals surface area contributed by atoms with Gasteiger partial charge in [0.05, 0.1) is 7.11 Å². The van der Waals surface area contributed by atoms with Crippen LogP contribution in [0.5, 0.6) is 0 Å². The minimum atomic E-state index is -0.437. The summed E-state index contributed by atoms with van der Waals surface area (Å²) in [6.45, 7) is 3.92. The van der Waals surface area contributed by atoms with Crippen molar-refractivity contribution in [1.82, 2.24) is 9.47 Å². The molecule has 0 saturated carbocycles. The molecular formula is C12H17BrN2O3. The number of esters is 1. The van der Waals surface area contributed by atoms with Crippen LogP contribution in [0, 0.1) is 0 Å². The minimum Gasteiger partial charge on any atom is -0.468 e. The summed E-state index contributed by atoms with van der Waals surface area (Å²) in [5.41, 5.74) is 0.545. The molecule has 1 heterocycles. The zero-order chi connectivity index (χ0) is 13.9. The van der Waals surface area contributed by atoms with Crippen LogP contribution in [0.2, 0.25) is 0 Å². The van der Waals surface area contributed by atoms with E-state index in [1.807, 2.05) is 24.6 Å². The van der Waals surface area contributed by atoms with Crippen LogP contribution in [0.1, 0.15) is 30.4 Å². The van der Waals surface area contributed by atoms with Crippen LogP contribution in [-0.2, 0) is 9.53 Å². The number of halogens is 1. The number of rotatable bonds is 4. The van der Waals surface area contributed by atoms with Crippen LogP contribution < -0.4 is 0 Å². The quantitative estimate of drug-likeness (QED) is 0.799. The van der Waals surface area contributed by atoms with Crippen molar-refractivity contribution in [2.45, 2.75) is 19.9 Å². The first-order valence-corrected chi connectivity index (χ1v) is 6.35. The van der Waals surface area contributed by atoms with Gasteiger partial charge in [0, 0.05) is 23.8 Å². The molecule has 0 aliphatic carbocycles. The third-order valence-corrected chi connectivity index (χ3v) is 2.96. The Kier molecular flexibility index (Phi) is 4.95. The standard InChI is InChI=1S/C12H17BrN2O3/c1-8(2)15-6-9(13)5-10(15)12(17)14(3)7-11(16)18-4/h5-6,8H,7H2,1-4H3. The van der Waals surface area contributed by atoms with Gasteiger partial charge in [0.1, 0.15) is 12.2 Å². The maximum Gasteiger partial charge on any atom is 0.325 e. The summed E-state index contributed by atoms with van der Waals surface area (Å²) in [5, 5.41) is 0. The van der Waals surface area contributed by atoms with E-state index in [0.717, 1.165) is 4.47 Å². The highest BCUT2D eigenvalue weighted by atomic mass is 79.9. The highest BCUT2D eigenvalue weighted by molar-refractivity contribution is 9.10. The molecule has 5 nitrogen and oxygen atoms in total. The van der Waals surface area contributed by atoms with Gasteiger partial charge in [-0.05, 0) is 35.8 Å². The first-order valence-electron chi connectivity index (χ1n) is 5.56. The molecule has 0 saturated heterocycles. The molecule has 1 aromatic heterocycles. The van der Waals surface area contributed by atoms with Gasteiger partial charge < -0.3 is 14.2 Å². The molecule has 0 unspecified atom stereocenters. The molecule has 0 aliphatic heterocycles. The fourth-order valence-electron chi connectivity index (χ4n) is 1.57. The zero-order valence-electron chi connectivity index (χ0n) is 10.9. The molecule has 0 bridgehead atoms. The molecule has 18 heavy (non-hydrogen) atoms. The van der Waals surface area contributed by atoms with Gasteiger partial charge in [0.15, 0.2) is 0 Å². The number of methoxy groups -OCH3 is 1. The molecule has 0 N–H and O–H groups in total. The molecule has 0 fully saturated rings. The Hall–Kier alpha value is -1.30. The highest BCUT2D eigenvalue weighted by Gasteiger charge is 2.20. The summed E-state index contributed by atoms with van der Waals surface area (Å²) in [4.78, 5) is 24.7. The number of ether oxygens (including phenoxy) is 1. The minimum absolute atomic E-state index is 0.0593. The number of carbonyl (C=O) groups excluding carboxylic acids is 2. The van der Waals surface area contributed by atoms with E-state index in [1.165, 1.54) is 12.0 Å². The predicted octanol–water partition coefficient (Wildman–Crippen LogP) is 2.08. The Balaban J connectivity index is 2.93. The van der Waals surface area contributed by atoms with Crippen molar-refractivity contribution < 1.29 is 14.3 Å². The van der Waals surface area contributed by atoms with Gasteiger partial charge in [-0.2, -0.15) is 0 Å². The van der Waals surface area contributed by atoms with Crippen LogP contribution in [0.15, 0.2) is 16.7 Å². The van der Waals surface area contributed by atoms with E-state index in [2.05, 4.69) is 20.7 Å². The van der Waals surface area contributed by atoms with Crippen molar-refractivity contribution in [1.29, 1.82) is 0 Å². The Morgan fingerprint density at radius 2 is 2.11 bits per heavy atom. The molecule has 1 aromatic rings. The molecule has 0 spiro atoms. The zero-order valence-corrected chi connectivity index (χ0v) is 12.5. The van der Waals surface area contributed by atoms with E-state index in [-0.39, 0.29) is 18.5 Å².